The Hall–Kier alpha value is -0.100. The predicted molar refractivity (Wildman–Crippen MR) is 75.6 cm³/mol. The van der Waals surface area contributed by atoms with Gasteiger partial charge in [-0.2, -0.15) is 4.31 Å². The molecular weight excluding hydrogens is 290 g/mol. The molecule has 0 radical (unpaired) electrons. The molecule has 0 saturated carbocycles. The minimum absolute atomic E-state index is 0.0744. The summed E-state index contributed by atoms with van der Waals surface area (Å²) in [5.74, 6) is 0.777. The molecule has 1 fully saturated rings. The number of halogens is 1. The zero-order valence-corrected chi connectivity index (χ0v) is 13.0. The van der Waals surface area contributed by atoms with Crippen molar-refractivity contribution in [1.29, 1.82) is 0 Å². The standard InChI is InChI=1S/C12H18ClNO2S2/c1-9-4-3-5-14(10(9)2)18(15,16)12-6-11(7-13)8-17-12/h6,8-10H,3-5,7H2,1-2H3. The van der Waals surface area contributed by atoms with E-state index in [0.29, 0.717) is 22.6 Å². The van der Waals surface area contributed by atoms with E-state index in [0.717, 1.165) is 18.4 Å². The van der Waals surface area contributed by atoms with Crippen LogP contribution in [0.3, 0.4) is 0 Å². The zero-order chi connectivity index (χ0) is 13.3. The van der Waals surface area contributed by atoms with E-state index in [1.165, 1.54) is 11.3 Å². The van der Waals surface area contributed by atoms with Crippen LogP contribution in [0.2, 0.25) is 0 Å². The van der Waals surface area contributed by atoms with Gasteiger partial charge in [-0.05, 0) is 42.7 Å². The van der Waals surface area contributed by atoms with Crippen LogP contribution in [0.1, 0.15) is 32.3 Å². The van der Waals surface area contributed by atoms with Gasteiger partial charge >= 0.3 is 0 Å². The van der Waals surface area contributed by atoms with Crippen molar-refractivity contribution in [1.82, 2.24) is 4.31 Å². The van der Waals surface area contributed by atoms with Gasteiger partial charge in [0, 0.05) is 18.5 Å². The fourth-order valence-electron chi connectivity index (χ4n) is 2.31. The first-order chi connectivity index (χ1) is 8.46. The average molecular weight is 308 g/mol. The number of nitrogens with zero attached hydrogens (tertiary/aromatic N) is 1. The van der Waals surface area contributed by atoms with Crippen LogP contribution in [0, 0.1) is 5.92 Å². The van der Waals surface area contributed by atoms with Crippen LogP contribution in [0.15, 0.2) is 15.7 Å². The third-order valence-electron chi connectivity index (χ3n) is 3.66. The maximum Gasteiger partial charge on any atom is 0.252 e. The molecule has 1 aliphatic heterocycles. The normalized spacial score (nSPS) is 26.4. The van der Waals surface area contributed by atoms with E-state index < -0.39 is 10.0 Å². The number of sulfonamides is 1. The number of hydrogen-bond donors (Lipinski definition) is 0. The molecule has 2 heterocycles. The predicted octanol–water partition coefficient (Wildman–Crippen LogP) is 3.30. The lowest BCUT2D eigenvalue weighted by molar-refractivity contribution is 0.202. The Morgan fingerprint density at radius 2 is 2.22 bits per heavy atom. The molecule has 0 aliphatic carbocycles. The van der Waals surface area contributed by atoms with Crippen LogP contribution in [-0.4, -0.2) is 25.3 Å². The second kappa shape index (κ2) is 5.49. The van der Waals surface area contributed by atoms with Gasteiger partial charge in [-0.15, -0.1) is 22.9 Å². The second-order valence-electron chi connectivity index (χ2n) is 4.88. The quantitative estimate of drug-likeness (QED) is 0.804. The molecule has 0 amide bonds. The van der Waals surface area contributed by atoms with Crippen molar-refractivity contribution >= 4 is 33.0 Å². The largest absolute Gasteiger partial charge is 0.252 e. The smallest absolute Gasteiger partial charge is 0.206 e. The van der Waals surface area contributed by atoms with E-state index in [-0.39, 0.29) is 6.04 Å². The molecular formula is C12H18ClNO2S2. The van der Waals surface area contributed by atoms with Crippen molar-refractivity contribution in [3.63, 3.8) is 0 Å². The topological polar surface area (TPSA) is 37.4 Å². The monoisotopic (exact) mass is 307 g/mol. The Bertz CT molecular complexity index is 512. The Morgan fingerprint density at radius 3 is 2.83 bits per heavy atom. The van der Waals surface area contributed by atoms with Crippen LogP contribution < -0.4 is 0 Å². The first kappa shape index (κ1) is 14.3. The van der Waals surface area contributed by atoms with Gasteiger partial charge in [0.1, 0.15) is 4.21 Å². The first-order valence-electron chi connectivity index (χ1n) is 6.12. The van der Waals surface area contributed by atoms with Crippen molar-refractivity contribution < 1.29 is 8.42 Å². The maximum absolute atomic E-state index is 12.6. The van der Waals surface area contributed by atoms with Gasteiger partial charge in [-0.1, -0.05) is 6.92 Å². The van der Waals surface area contributed by atoms with Gasteiger partial charge in [0.15, 0.2) is 0 Å². The maximum atomic E-state index is 12.6. The fraction of sp³-hybridized carbons (Fsp3) is 0.667. The minimum atomic E-state index is -3.34. The zero-order valence-electron chi connectivity index (χ0n) is 10.6. The van der Waals surface area contributed by atoms with Crippen LogP contribution in [-0.2, 0) is 15.9 Å². The van der Waals surface area contributed by atoms with Crippen molar-refractivity contribution in [2.75, 3.05) is 6.54 Å². The molecule has 1 aromatic heterocycles. The van der Waals surface area contributed by atoms with E-state index in [9.17, 15) is 8.42 Å². The lowest BCUT2D eigenvalue weighted by Gasteiger charge is -2.36. The molecule has 0 spiro atoms. The summed E-state index contributed by atoms with van der Waals surface area (Å²) in [4.78, 5) is 0. The van der Waals surface area contributed by atoms with Gasteiger partial charge in [-0.25, -0.2) is 8.42 Å². The van der Waals surface area contributed by atoms with Crippen LogP contribution >= 0.6 is 22.9 Å². The molecule has 6 heteroatoms. The lowest BCUT2D eigenvalue weighted by atomic mass is 9.94. The number of thiophene rings is 1. The number of alkyl halides is 1. The average Bonchev–Trinajstić information content (AvgIpc) is 2.81. The Kier molecular flexibility index (Phi) is 4.36. The highest BCUT2D eigenvalue weighted by Gasteiger charge is 2.35. The van der Waals surface area contributed by atoms with Gasteiger partial charge in [-0.3, -0.25) is 0 Å². The molecule has 0 bridgehead atoms. The van der Waals surface area contributed by atoms with Crippen LogP contribution in [0.4, 0.5) is 0 Å². The number of rotatable bonds is 3. The molecule has 2 rings (SSSR count). The van der Waals surface area contributed by atoms with E-state index in [1.807, 2.05) is 12.3 Å². The van der Waals surface area contributed by atoms with Crippen molar-refractivity contribution in [2.45, 2.75) is 42.8 Å². The molecule has 1 aromatic rings. The lowest BCUT2D eigenvalue weighted by Crippen LogP contribution is -2.45. The summed E-state index contributed by atoms with van der Waals surface area (Å²) in [7, 11) is -3.34. The number of piperidine rings is 1. The number of hydrogen-bond acceptors (Lipinski definition) is 3. The molecule has 18 heavy (non-hydrogen) atoms. The molecule has 102 valence electrons. The third-order valence-corrected chi connectivity index (χ3v) is 7.42. The van der Waals surface area contributed by atoms with Gasteiger partial charge in [0.25, 0.3) is 10.0 Å². The molecule has 2 atom stereocenters. The van der Waals surface area contributed by atoms with Crippen molar-refractivity contribution in [3.05, 3.63) is 17.0 Å². The Morgan fingerprint density at radius 1 is 1.50 bits per heavy atom. The summed E-state index contributed by atoms with van der Waals surface area (Å²) in [5, 5.41) is 1.82. The fourth-order valence-corrected chi connectivity index (χ4v) is 5.66. The van der Waals surface area contributed by atoms with Gasteiger partial charge < -0.3 is 0 Å². The molecule has 0 N–H and O–H groups in total. The van der Waals surface area contributed by atoms with Crippen molar-refractivity contribution in [3.8, 4) is 0 Å². The van der Waals surface area contributed by atoms with Crippen molar-refractivity contribution in [2.24, 2.45) is 5.92 Å². The first-order valence-corrected chi connectivity index (χ1v) is 8.97. The van der Waals surface area contributed by atoms with E-state index in [2.05, 4.69) is 6.92 Å². The molecule has 1 saturated heterocycles. The molecule has 0 aromatic carbocycles. The van der Waals surface area contributed by atoms with Crippen LogP contribution in [0.5, 0.6) is 0 Å². The summed E-state index contributed by atoms with van der Waals surface area (Å²) >= 11 is 6.99. The SMILES string of the molecule is CC1CCCN(S(=O)(=O)c2cc(CCl)cs2)C1C. The summed E-state index contributed by atoms with van der Waals surface area (Å²) in [5.41, 5.74) is 0.873. The molecule has 1 aliphatic rings. The molecule has 3 nitrogen and oxygen atoms in total. The Labute approximate surface area is 118 Å². The summed E-state index contributed by atoms with van der Waals surface area (Å²) < 4.78 is 27.2. The van der Waals surface area contributed by atoms with E-state index in [4.69, 9.17) is 11.6 Å². The van der Waals surface area contributed by atoms with Crippen LogP contribution in [0.25, 0.3) is 0 Å². The summed E-state index contributed by atoms with van der Waals surface area (Å²) in [6, 6.07) is 1.77. The van der Waals surface area contributed by atoms with E-state index >= 15 is 0 Å². The summed E-state index contributed by atoms with van der Waals surface area (Å²) in [6.45, 7) is 4.74. The van der Waals surface area contributed by atoms with Gasteiger partial charge in [0.05, 0.1) is 0 Å². The minimum Gasteiger partial charge on any atom is -0.206 e. The Balaban J connectivity index is 2.30. The third kappa shape index (κ3) is 2.59. The highest BCUT2D eigenvalue weighted by Crippen LogP contribution is 2.31. The highest BCUT2D eigenvalue weighted by molar-refractivity contribution is 7.91. The highest BCUT2D eigenvalue weighted by atomic mass is 35.5. The van der Waals surface area contributed by atoms with Gasteiger partial charge in [0.2, 0.25) is 0 Å². The summed E-state index contributed by atoms with van der Waals surface area (Å²) in [6.07, 6.45) is 2.04. The second-order valence-corrected chi connectivity index (χ2v) is 8.18. The van der Waals surface area contributed by atoms with E-state index in [1.54, 1.807) is 10.4 Å². The molecule has 2 unspecified atom stereocenters.